The van der Waals surface area contributed by atoms with Gasteiger partial charge in [-0.05, 0) is 12.1 Å². The summed E-state index contributed by atoms with van der Waals surface area (Å²) >= 11 is 0. The molecule has 0 aliphatic rings. The fourth-order valence-corrected chi connectivity index (χ4v) is 4.44. The van der Waals surface area contributed by atoms with E-state index >= 15 is 0 Å². The molecular formula is C21H27LiO8P. The van der Waals surface area contributed by atoms with Gasteiger partial charge in [-0.2, -0.15) is 0 Å². The van der Waals surface area contributed by atoms with E-state index in [-0.39, 0.29) is 36.6 Å². The third kappa shape index (κ3) is 6.52. The van der Waals surface area contributed by atoms with Gasteiger partial charge in [0.15, 0.2) is 0 Å². The Labute approximate surface area is 196 Å². The number of methoxy groups -OCH3 is 6. The monoisotopic (exact) mass is 445 g/mol. The van der Waals surface area contributed by atoms with Crippen molar-refractivity contribution in [2.24, 2.45) is 0 Å². The van der Waals surface area contributed by atoms with Crippen molar-refractivity contribution in [1.29, 1.82) is 0 Å². The maximum absolute atomic E-state index is 13.7. The Balaban J connectivity index is 0.00000480. The maximum Gasteiger partial charge on any atom is 0.223 e. The van der Waals surface area contributed by atoms with Gasteiger partial charge in [0.25, 0.3) is 0 Å². The molecule has 2 rings (SSSR count). The van der Waals surface area contributed by atoms with Crippen LogP contribution in [0.3, 0.4) is 0 Å². The van der Waals surface area contributed by atoms with Gasteiger partial charge in [0.05, 0.1) is 54.1 Å². The third-order valence-corrected chi connectivity index (χ3v) is 6.07. The molecule has 1 radical (unpaired) electrons. The summed E-state index contributed by atoms with van der Waals surface area (Å²) in [4.78, 5) is 13.7. The summed E-state index contributed by atoms with van der Waals surface area (Å²) < 4.78 is 38.0. The first kappa shape index (κ1) is 27.1. The van der Waals surface area contributed by atoms with E-state index in [4.69, 9.17) is 32.9 Å². The van der Waals surface area contributed by atoms with Crippen LogP contribution in [0.5, 0.6) is 28.7 Å². The number of benzene rings is 2. The Hall–Kier alpha value is -1.94. The van der Waals surface area contributed by atoms with Crippen LogP contribution in [0.15, 0.2) is 30.3 Å². The van der Waals surface area contributed by atoms with Crippen LogP contribution < -0.4 is 29.0 Å². The maximum atomic E-state index is 13.7. The van der Waals surface area contributed by atoms with Crippen LogP contribution in [-0.4, -0.2) is 80.3 Å². The van der Waals surface area contributed by atoms with Gasteiger partial charge in [0, 0.05) is 44.2 Å². The van der Waals surface area contributed by atoms with E-state index < -0.39 is 8.15 Å². The van der Waals surface area contributed by atoms with Crippen molar-refractivity contribution in [3.63, 3.8) is 0 Å². The van der Waals surface area contributed by atoms with Crippen LogP contribution >= 0.6 is 8.15 Å². The van der Waals surface area contributed by atoms with Crippen LogP contribution in [0.1, 0.15) is 10.4 Å². The van der Waals surface area contributed by atoms with Crippen LogP contribution in [-0.2, 0) is 9.26 Å². The normalized spacial score (nSPS) is 11.2. The van der Waals surface area contributed by atoms with Gasteiger partial charge in [0.2, 0.25) is 5.52 Å². The van der Waals surface area contributed by atoms with Crippen molar-refractivity contribution in [2.75, 3.05) is 55.9 Å². The largest absolute Gasteiger partial charge is 0.497 e. The minimum absolute atomic E-state index is 0. The van der Waals surface area contributed by atoms with E-state index in [1.54, 1.807) is 44.6 Å². The first-order chi connectivity index (χ1) is 14.5. The standard InChI is InChI=1S/C21H27O8P.Li/c1-23-9-10-29-30(19-8-7-14(24-2)11-16(19)26-4)21(22)20-17(27-5)12-15(25-3)13-18(20)28-6;/h7-8,11-13H,9-10H2,1-6H3;. The fourth-order valence-electron chi connectivity index (χ4n) is 2.72. The van der Waals surface area contributed by atoms with E-state index in [9.17, 15) is 4.79 Å². The van der Waals surface area contributed by atoms with E-state index in [2.05, 4.69) is 0 Å². The van der Waals surface area contributed by atoms with E-state index in [1.807, 2.05) is 0 Å². The van der Waals surface area contributed by atoms with Gasteiger partial charge >= 0.3 is 0 Å². The van der Waals surface area contributed by atoms with Crippen molar-refractivity contribution < 1.29 is 37.7 Å². The first-order valence-corrected chi connectivity index (χ1v) is 10.3. The molecule has 0 aliphatic heterocycles. The predicted octanol–water partition coefficient (Wildman–Crippen LogP) is 2.87. The zero-order valence-electron chi connectivity index (χ0n) is 19.0. The van der Waals surface area contributed by atoms with Crippen LogP contribution in [0.4, 0.5) is 0 Å². The van der Waals surface area contributed by atoms with E-state index in [0.717, 1.165) is 0 Å². The number of carbonyl (C=O) groups excluding carboxylic acids is 1. The first-order valence-electron chi connectivity index (χ1n) is 9.02. The second kappa shape index (κ2) is 13.5. The van der Waals surface area contributed by atoms with E-state index in [0.29, 0.717) is 40.7 Å². The molecule has 31 heavy (non-hydrogen) atoms. The molecule has 0 amide bonds. The number of rotatable bonds is 12. The summed E-state index contributed by atoms with van der Waals surface area (Å²) in [6.45, 7) is 0.561. The SMILES string of the molecule is COCCOP(C(=O)c1c(OC)cc(OC)cc1OC)c1ccc(OC)cc1OC.[Li]. The molecule has 2 aromatic carbocycles. The topological polar surface area (TPSA) is 81.7 Å². The van der Waals surface area contributed by atoms with Gasteiger partial charge in [-0.15, -0.1) is 0 Å². The Bertz CT molecular complexity index is 836. The molecule has 0 fully saturated rings. The third-order valence-electron chi connectivity index (χ3n) is 4.23. The summed E-state index contributed by atoms with van der Waals surface area (Å²) in [6.07, 6.45) is 0. The molecule has 0 bridgehead atoms. The predicted molar refractivity (Wildman–Crippen MR) is 120 cm³/mol. The van der Waals surface area contributed by atoms with Crippen molar-refractivity contribution in [2.45, 2.75) is 0 Å². The van der Waals surface area contributed by atoms with Crippen molar-refractivity contribution in [3.05, 3.63) is 35.9 Å². The molecule has 0 aliphatic carbocycles. The van der Waals surface area contributed by atoms with Gasteiger partial charge in [-0.3, -0.25) is 4.79 Å². The molecule has 2 aromatic rings. The van der Waals surface area contributed by atoms with Crippen molar-refractivity contribution in [3.8, 4) is 28.7 Å². The summed E-state index contributed by atoms with van der Waals surface area (Å²) in [5.74, 6) is 2.25. The van der Waals surface area contributed by atoms with Crippen molar-refractivity contribution in [1.82, 2.24) is 0 Å². The molecule has 0 saturated heterocycles. The van der Waals surface area contributed by atoms with Crippen LogP contribution in [0.25, 0.3) is 0 Å². The molecule has 0 heterocycles. The van der Waals surface area contributed by atoms with Gasteiger partial charge in [-0.25, -0.2) is 0 Å². The average Bonchev–Trinajstić information content (AvgIpc) is 2.80. The summed E-state index contributed by atoms with van der Waals surface area (Å²) in [7, 11) is 7.33. The average molecular weight is 445 g/mol. The zero-order chi connectivity index (χ0) is 22.1. The molecule has 1 atom stereocenters. The zero-order valence-corrected chi connectivity index (χ0v) is 19.9. The minimum atomic E-state index is -1.81. The number of hydrogen-bond acceptors (Lipinski definition) is 8. The molecule has 0 spiro atoms. The summed E-state index contributed by atoms with van der Waals surface area (Å²) in [5.41, 5.74) is -0.0249. The second-order valence-corrected chi connectivity index (χ2v) is 7.61. The smallest absolute Gasteiger partial charge is 0.223 e. The molecule has 10 heteroatoms. The Morgan fingerprint density at radius 2 is 1.29 bits per heavy atom. The minimum Gasteiger partial charge on any atom is -0.497 e. The van der Waals surface area contributed by atoms with Crippen molar-refractivity contribution >= 4 is 37.8 Å². The Morgan fingerprint density at radius 3 is 1.77 bits per heavy atom. The molecular weight excluding hydrogens is 418 g/mol. The quantitative estimate of drug-likeness (QED) is 0.280. The van der Waals surface area contributed by atoms with Crippen LogP contribution in [0.2, 0.25) is 0 Å². The summed E-state index contributed by atoms with van der Waals surface area (Å²) in [6, 6.07) is 8.48. The molecule has 1 unspecified atom stereocenters. The van der Waals surface area contributed by atoms with Crippen LogP contribution in [0, 0.1) is 0 Å². The summed E-state index contributed by atoms with van der Waals surface area (Å²) in [5, 5.41) is 0.606. The molecule has 8 nitrogen and oxygen atoms in total. The van der Waals surface area contributed by atoms with Gasteiger partial charge in [0.1, 0.15) is 42.5 Å². The molecule has 165 valence electrons. The molecule has 0 N–H and O–H groups in total. The fraction of sp³-hybridized carbons (Fsp3) is 0.381. The number of hydrogen-bond donors (Lipinski definition) is 0. The van der Waals surface area contributed by atoms with Gasteiger partial charge in [-0.1, -0.05) is 0 Å². The number of carbonyl (C=O) groups is 1. The Morgan fingerprint density at radius 1 is 0.742 bits per heavy atom. The van der Waals surface area contributed by atoms with E-state index in [1.165, 1.54) is 28.4 Å². The van der Waals surface area contributed by atoms with Gasteiger partial charge < -0.3 is 32.9 Å². The molecule has 0 aromatic heterocycles. The second-order valence-electron chi connectivity index (χ2n) is 5.87. The number of ether oxygens (including phenoxy) is 6. The molecule has 0 saturated carbocycles. The Kier molecular flexibility index (Phi) is 11.8.